The lowest BCUT2D eigenvalue weighted by Crippen LogP contribution is -2.04. The number of phenolic OH excluding ortho intramolecular Hbond substituents is 1. The summed E-state index contributed by atoms with van der Waals surface area (Å²) in [6, 6.07) is 7.18. The van der Waals surface area contributed by atoms with Gasteiger partial charge in [-0.3, -0.25) is 14.9 Å². The highest BCUT2D eigenvalue weighted by Crippen LogP contribution is 2.39. The highest BCUT2D eigenvalue weighted by Gasteiger charge is 2.26. The molecule has 3 rings (SSSR count). The van der Waals surface area contributed by atoms with Crippen LogP contribution in [0.1, 0.15) is 11.1 Å². The summed E-state index contributed by atoms with van der Waals surface area (Å²) in [5.74, 6) is -0.676. The van der Waals surface area contributed by atoms with Gasteiger partial charge in [-0.25, -0.2) is 0 Å². The minimum atomic E-state index is -0.638. The van der Waals surface area contributed by atoms with E-state index in [9.17, 15) is 20.0 Å². The van der Waals surface area contributed by atoms with Crippen LogP contribution in [0.15, 0.2) is 30.3 Å². The van der Waals surface area contributed by atoms with E-state index in [-0.39, 0.29) is 28.3 Å². The van der Waals surface area contributed by atoms with Gasteiger partial charge in [-0.05, 0) is 24.3 Å². The highest BCUT2D eigenvalue weighted by molar-refractivity contribution is 6.36. The lowest BCUT2D eigenvalue weighted by Gasteiger charge is -2.06. The lowest BCUT2D eigenvalue weighted by atomic mass is 10.0. The summed E-state index contributed by atoms with van der Waals surface area (Å²) >= 11 is 5.90. The van der Waals surface area contributed by atoms with Crippen LogP contribution in [-0.2, 0) is 4.79 Å². The smallest absolute Gasteiger partial charge is 0.280 e. The van der Waals surface area contributed by atoms with Crippen LogP contribution < -0.4 is 10.1 Å². The summed E-state index contributed by atoms with van der Waals surface area (Å²) in [6.07, 6.45) is 1.38. The van der Waals surface area contributed by atoms with E-state index in [2.05, 4.69) is 5.32 Å². The van der Waals surface area contributed by atoms with Gasteiger partial charge in [0.25, 0.3) is 11.6 Å². The molecule has 7 nitrogen and oxygen atoms in total. The van der Waals surface area contributed by atoms with Crippen LogP contribution in [0, 0.1) is 10.1 Å². The molecule has 24 heavy (non-hydrogen) atoms. The zero-order valence-electron chi connectivity index (χ0n) is 12.4. The molecule has 0 bridgehead atoms. The number of rotatable bonds is 3. The van der Waals surface area contributed by atoms with Crippen LogP contribution in [0.25, 0.3) is 11.6 Å². The van der Waals surface area contributed by atoms with Gasteiger partial charge in [-0.15, -0.1) is 0 Å². The Balaban J connectivity index is 2.19. The number of phenols is 1. The molecule has 8 heteroatoms. The number of hydrogen-bond acceptors (Lipinski definition) is 5. The van der Waals surface area contributed by atoms with Gasteiger partial charge in [-0.2, -0.15) is 0 Å². The number of benzene rings is 2. The Bertz CT molecular complexity index is 908. The minimum Gasteiger partial charge on any atom is -0.504 e. The number of nitrogens with one attached hydrogen (secondary N) is 1. The van der Waals surface area contributed by atoms with Crippen LogP contribution >= 0.6 is 11.6 Å². The van der Waals surface area contributed by atoms with Crippen molar-refractivity contribution < 1.29 is 19.6 Å². The summed E-state index contributed by atoms with van der Waals surface area (Å²) in [5.41, 5.74) is 1.19. The molecular formula is C16H11ClN2O5. The van der Waals surface area contributed by atoms with Crippen molar-refractivity contribution >= 4 is 40.5 Å². The molecule has 0 saturated carbocycles. The number of carbonyl (C=O) groups is 1. The normalized spacial score (nSPS) is 14.4. The number of aromatic hydroxyl groups is 1. The predicted octanol–water partition coefficient (Wildman–Crippen LogP) is 3.46. The molecule has 0 radical (unpaired) electrons. The van der Waals surface area contributed by atoms with Crippen molar-refractivity contribution in [3.05, 3.63) is 56.6 Å². The quantitative estimate of drug-likeness (QED) is 0.503. The standard InChI is InChI=1S/C16H11ClN2O5/c1-24-15-5-8(13(19(22)23)7-14(15)20)4-11-10-3-2-9(17)6-12(10)18-16(11)21/h2-7,20H,1H3,(H,18,21)/b11-4+. The van der Waals surface area contributed by atoms with E-state index in [0.29, 0.717) is 16.3 Å². The Morgan fingerprint density at radius 1 is 1.33 bits per heavy atom. The SMILES string of the molecule is COc1cc(/C=C2/C(=O)Nc3cc(Cl)ccc32)c([N+](=O)[O-])cc1O. The van der Waals surface area contributed by atoms with Crippen molar-refractivity contribution in [2.75, 3.05) is 12.4 Å². The molecule has 0 fully saturated rings. The van der Waals surface area contributed by atoms with Gasteiger partial charge in [0.1, 0.15) is 0 Å². The second-order valence-electron chi connectivity index (χ2n) is 5.04. The van der Waals surface area contributed by atoms with Crippen molar-refractivity contribution in [2.24, 2.45) is 0 Å². The summed E-state index contributed by atoms with van der Waals surface area (Å²) in [6.45, 7) is 0. The van der Waals surface area contributed by atoms with Crippen molar-refractivity contribution in [1.82, 2.24) is 0 Å². The van der Waals surface area contributed by atoms with E-state index >= 15 is 0 Å². The first kappa shape index (κ1) is 15.8. The Morgan fingerprint density at radius 2 is 2.08 bits per heavy atom. The van der Waals surface area contributed by atoms with E-state index < -0.39 is 10.8 Å². The first-order valence-electron chi connectivity index (χ1n) is 6.79. The third-order valence-corrected chi connectivity index (χ3v) is 3.82. The maximum atomic E-state index is 12.2. The number of fused-ring (bicyclic) bond motifs is 1. The summed E-state index contributed by atoms with van der Waals surface area (Å²) in [4.78, 5) is 22.8. The van der Waals surface area contributed by atoms with E-state index in [1.807, 2.05) is 0 Å². The van der Waals surface area contributed by atoms with Gasteiger partial charge in [0, 0.05) is 16.2 Å². The molecule has 2 aromatic carbocycles. The van der Waals surface area contributed by atoms with Crippen LogP contribution in [0.3, 0.4) is 0 Å². The van der Waals surface area contributed by atoms with Crippen molar-refractivity contribution in [1.29, 1.82) is 0 Å². The molecule has 0 aliphatic carbocycles. The zero-order valence-corrected chi connectivity index (χ0v) is 13.1. The Kier molecular flexibility index (Phi) is 3.86. The number of methoxy groups -OCH3 is 1. The third-order valence-electron chi connectivity index (χ3n) is 3.59. The van der Waals surface area contributed by atoms with Crippen molar-refractivity contribution in [3.8, 4) is 11.5 Å². The first-order valence-corrected chi connectivity index (χ1v) is 7.17. The third kappa shape index (κ3) is 2.65. The number of nitro groups is 1. The Morgan fingerprint density at radius 3 is 2.75 bits per heavy atom. The molecule has 122 valence electrons. The maximum absolute atomic E-state index is 12.2. The molecule has 1 amide bonds. The fourth-order valence-electron chi connectivity index (χ4n) is 2.48. The number of halogens is 1. The molecule has 0 aromatic heterocycles. The van der Waals surface area contributed by atoms with Gasteiger partial charge in [0.05, 0.1) is 29.4 Å². The largest absolute Gasteiger partial charge is 0.504 e. The molecule has 1 aliphatic heterocycles. The average Bonchev–Trinajstić information content (AvgIpc) is 2.83. The average molecular weight is 347 g/mol. The van der Waals surface area contributed by atoms with E-state index in [1.165, 1.54) is 19.3 Å². The number of carbonyl (C=O) groups excluding carboxylic acids is 1. The number of nitro benzene ring substituents is 1. The van der Waals surface area contributed by atoms with E-state index in [0.717, 1.165) is 6.07 Å². The van der Waals surface area contributed by atoms with Crippen LogP contribution in [-0.4, -0.2) is 23.0 Å². The van der Waals surface area contributed by atoms with Gasteiger partial charge in [-0.1, -0.05) is 17.7 Å². The lowest BCUT2D eigenvalue weighted by molar-refractivity contribution is -0.385. The summed E-state index contributed by atoms with van der Waals surface area (Å²) in [7, 11) is 1.33. The van der Waals surface area contributed by atoms with Crippen LogP contribution in [0.5, 0.6) is 11.5 Å². The first-order chi connectivity index (χ1) is 11.4. The van der Waals surface area contributed by atoms with E-state index in [1.54, 1.807) is 18.2 Å². The Labute approximate surface area is 141 Å². The summed E-state index contributed by atoms with van der Waals surface area (Å²) < 4.78 is 4.98. The minimum absolute atomic E-state index is 0.0715. The fourth-order valence-corrected chi connectivity index (χ4v) is 2.65. The molecule has 2 N–H and O–H groups in total. The molecule has 0 unspecified atom stereocenters. The van der Waals surface area contributed by atoms with Crippen molar-refractivity contribution in [2.45, 2.75) is 0 Å². The van der Waals surface area contributed by atoms with Gasteiger partial charge >= 0.3 is 0 Å². The number of nitrogens with zero attached hydrogens (tertiary/aromatic N) is 1. The molecular weight excluding hydrogens is 336 g/mol. The molecule has 0 spiro atoms. The van der Waals surface area contributed by atoms with Gasteiger partial charge < -0.3 is 15.2 Å². The van der Waals surface area contributed by atoms with Gasteiger partial charge in [0.2, 0.25) is 0 Å². The topological polar surface area (TPSA) is 102 Å². The molecule has 0 saturated heterocycles. The van der Waals surface area contributed by atoms with Crippen molar-refractivity contribution in [3.63, 3.8) is 0 Å². The second-order valence-corrected chi connectivity index (χ2v) is 5.48. The second kappa shape index (κ2) is 5.86. The number of ether oxygens (including phenoxy) is 1. The molecule has 1 heterocycles. The van der Waals surface area contributed by atoms with E-state index in [4.69, 9.17) is 16.3 Å². The number of anilines is 1. The van der Waals surface area contributed by atoms with Crippen LogP contribution in [0.2, 0.25) is 5.02 Å². The molecule has 0 atom stereocenters. The maximum Gasteiger partial charge on any atom is 0.280 e. The monoisotopic (exact) mass is 346 g/mol. The zero-order chi connectivity index (χ0) is 17.4. The number of hydrogen-bond donors (Lipinski definition) is 2. The van der Waals surface area contributed by atoms with Gasteiger partial charge in [0.15, 0.2) is 11.5 Å². The fraction of sp³-hybridized carbons (Fsp3) is 0.0625. The predicted molar refractivity (Wildman–Crippen MR) is 89.3 cm³/mol. The van der Waals surface area contributed by atoms with Crippen LogP contribution in [0.4, 0.5) is 11.4 Å². The number of amides is 1. The Hall–Kier alpha value is -3.06. The molecule has 2 aromatic rings. The summed E-state index contributed by atoms with van der Waals surface area (Å²) in [5, 5.41) is 24.1. The molecule has 1 aliphatic rings. The highest BCUT2D eigenvalue weighted by atomic mass is 35.5.